The highest BCUT2D eigenvalue weighted by atomic mass is 16.3. The second-order valence-corrected chi connectivity index (χ2v) is 5.61. The van der Waals surface area contributed by atoms with Gasteiger partial charge in [-0.1, -0.05) is 42.5 Å². The minimum Gasteiger partial charge on any atom is -0.391 e. The minimum absolute atomic E-state index is 0.325. The molecular formula is C18H20N4O4. The van der Waals surface area contributed by atoms with Crippen LogP contribution in [0.2, 0.25) is 0 Å². The maximum atomic E-state index is 12.3. The van der Waals surface area contributed by atoms with E-state index in [1.165, 1.54) is 6.92 Å². The molecule has 26 heavy (non-hydrogen) atoms. The molecule has 0 aliphatic carbocycles. The molecule has 0 aliphatic rings. The average molecular weight is 356 g/mol. The van der Waals surface area contributed by atoms with E-state index in [1.54, 1.807) is 24.3 Å². The quantitative estimate of drug-likeness (QED) is 0.500. The number of aliphatic hydroxyl groups excluding tert-OH is 1. The molecule has 2 rings (SSSR count). The largest absolute Gasteiger partial charge is 0.391 e. The molecule has 4 amide bonds. The fourth-order valence-electron chi connectivity index (χ4n) is 2.28. The molecular weight excluding hydrogens is 336 g/mol. The number of amides is 4. The van der Waals surface area contributed by atoms with Crippen LogP contribution in [0.25, 0.3) is 11.1 Å². The Morgan fingerprint density at radius 1 is 0.923 bits per heavy atom. The number of primary amides is 1. The van der Waals surface area contributed by atoms with Crippen molar-refractivity contribution in [3.05, 3.63) is 60.2 Å². The van der Waals surface area contributed by atoms with Gasteiger partial charge < -0.3 is 16.2 Å². The number of hydrazine groups is 1. The first kappa shape index (κ1) is 18.9. The van der Waals surface area contributed by atoms with Gasteiger partial charge in [0, 0.05) is 5.56 Å². The predicted molar refractivity (Wildman–Crippen MR) is 95.7 cm³/mol. The predicted octanol–water partition coefficient (Wildman–Crippen LogP) is 0.532. The van der Waals surface area contributed by atoms with Gasteiger partial charge in [-0.05, 0) is 30.2 Å². The van der Waals surface area contributed by atoms with Gasteiger partial charge in [0.05, 0.1) is 6.10 Å². The van der Waals surface area contributed by atoms with Crippen LogP contribution in [0.1, 0.15) is 17.3 Å². The van der Waals surface area contributed by atoms with Crippen LogP contribution in [0.3, 0.4) is 0 Å². The molecule has 0 spiro atoms. The molecule has 136 valence electrons. The van der Waals surface area contributed by atoms with Gasteiger partial charge in [-0.2, -0.15) is 0 Å². The van der Waals surface area contributed by atoms with Crippen molar-refractivity contribution >= 4 is 17.8 Å². The molecule has 8 nitrogen and oxygen atoms in total. The van der Waals surface area contributed by atoms with Gasteiger partial charge in [-0.25, -0.2) is 10.2 Å². The number of carbonyl (C=O) groups is 3. The molecule has 2 aromatic carbocycles. The lowest BCUT2D eigenvalue weighted by Gasteiger charge is -2.20. The number of rotatable bonds is 5. The number of benzene rings is 2. The third-order valence-electron chi connectivity index (χ3n) is 3.61. The number of aliphatic hydroxyl groups is 1. The van der Waals surface area contributed by atoms with E-state index in [-0.39, 0.29) is 0 Å². The van der Waals surface area contributed by atoms with E-state index < -0.39 is 30.0 Å². The second-order valence-electron chi connectivity index (χ2n) is 5.61. The minimum atomic E-state index is -1.26. The smallest absolute Gasteiger partial charge is 0.330 e. The molecule has 0 aliphatic heterocycles. The monoisotopic (exact) mass is 356 g/mol. The molecule has 6 N–H and O–H groups in total. The molecule has 0 radical (unpaired) electrons. The van der Waals surface area contributed by atoms with Crippen LogP contribution in [0.15, 0.2) is 54.6 Å². The number of urea groups is 1. The maximum absolute atomic E-state index is 12.3. The van der Waals surface area contributed by atoms with Crippen LogP contribution in [0.4, 0.5) is 4.79 Å². The zero-order chi connectivity index (χ0) is 19.1. The number of carbonyl (C=O) groups excluding carboxylic acids is 3. The summed E-state index contributed by atoms with van der Waals surface area (Å²) in [5, 5.41) is 12.1. The number of nitrogens with two attached hydrogens (primary N) is 1. The summed E-state index contributed by atoms with van der Waals surface area (Å²) in [6.07, 6.45) is -1.18. The first-order valence-corrected chi connectivity index (χ1v) is 7.88. The number of hydrogen-bond acceptors (Lipinski definition) is 4. The van der Waals surface area contributed by atoms with Crippen molar-refractivity contribution in [2.45, 2.75) is 19.1 Å². The van der Waals surface area contributed by atoms with Gasteiger partial charge in [0.2, 0.25) is 0 Å². The van der Waals surface area contributed by atoms with Crippen molar-refractivity contribution in [1.29, 1.82) is 0 Å². The van der Waals surface area contributed by atoms with Gasteiger partial charge in [0.1, 0.15) is 6.04 Å². The van der Waals surface area contributed by atoms with Crippen molar-refractivity contribution in [3.8, 4) is 11.1 Å². The Morgan fingerprint density at radius 2 is 1.50 bits per heavy atom. The third kappa shape index (κ3) is 5.05. The van der Waals surface area contributed by atoms with Crippen LogP contribution < -0.4 is 21.9 Å². The van der Waals surface area contributed by atoms with Gasteiger partial charge in [0.15, 0.2) is 0 Å². The maximum Gasteiger partial charge on any atom is 0.330 e. The Bertz CT molecular complexity index is 776. The van der Waals surface area contributed by atoms with Gasteiger partial charge in [-0.3, -0.25) is 15.0 Å². The summed E-state index contributed by atoms with van der Waals surface area (Å²) in [6.45, 7) is 1.34. The SMILES string of the molecule is C[C@@H](O)[C@H](NC(=O)c1ccc(-c2ccccc2)cc1)C(=O)NNC(N)=O. The molecule has 0 saturated heterocycles. The Hall–Kier alpha value is -3.39. The second kappa shape index (κ2) is 8.63. The summed E-state index contributed by atoms with van der Waals surface area (Å²) in [5.74, 6) is -1.34. The Labute approximate surface area is 150 Å². The van der Waals surface area contributed by atoms with Crippen LogP contribution in [0, 0.1) is 0 Å². The zero-order valence-corrected chi connectivity index (χ0v) is 14.1. The summed E-state index contributed by atoms with van der Waals surface area (Å²) in [5.41, 5.74) is 11.0. The molecule has 2 aromatic rings. The number of nitrogens with one attached hydrogen (secondary N) is 3. The Balaban J connectivity index is 2.07. The van der Waals surface area contributed by atoms with Crippen molar-refractivity contribution in [2.75, 3.05) is 0 Å². The zero-order valence-electron chi connectivity index (χ0n) is 14.1. The molecule has 8 heteroatoms. The Kier molecular flexibility index (Phi) is 6.29. The highest BCUT2D eigenvalue weighted by Gasteiger charge is 2.26. The van der Waals surface area contributed by atoms with E-state index in [1.807, 2.05) is 41.2 Å². The highest BCUT2D eigenvalue weighted by Crippen LogP contribution is 2.19. The molecule has 0 unspecified atom stereocenters. The number of hydrogen-bond donors (Lipinski definition) is 5. The van der Waals surface area contributed by atoms with Gasteiger partial charge in [0.25, 0.3) is 11.8 Å². The van der Waals surface area contributed by atoms with Crippen molar-refractivity contribution in [3.63, 3.8) is 0 Å². The molecule has 0 fully saturated rings. The van der Waals surface area contributed by atoms with Gasteiger partial charge >= 0.3 is 6.03 Å². The normalized spacial score (nSPS) is 12.5. The lowest BCUT2D eigenvalue weighted by atomic mass is 10.0. The molecule has 0 aromatic heterocycles. The lowest BCUT2D eigenvalue weighted by Crippen LogP contribution is -2.57. The standard InChI is InChI=1S/C18H20N4O4/c1-11(23)15(17(25)21-22-18(19)26)20-16(24)14-9-7-13(8-10-14)12-5-3-2-4-6-12/h2-11,15,23H,1H3,(H,20,24)(H,21,25)(H3,19,22,26)/t11-,15+/m1/s1. The summed E-state index contributed by atoms with van der Waals surface area (Å²) in [6, 6.07) is 14.3. The van der Waals surface area contributed by atoms with Crippen LogP contribution >= 0.6 is 0 Å². The molecule has 0 bridgehead atoms. The summed E-state index contributed by atoms with van der Waals surface area (Å²) < 4.78 is 0. The third-order valence-corrected chi connectivity index (χ3v) is 3.61. The molecule has 0 heterocycles. The fourth-order valence-corrected chi connectivity index (χ4v) is 2.28. The van der Waals surface area contributed by atoms with E-state index in [0.29, 0.717) is 5.56 Å². The summed E-state index contributed by atoms with van der Waals surface area (Å²) in [7, 11) is 0. The van der Waals surface area contributed by atoms with Crippen LogP contribution in [0.5, 0.6) is 0 Å². The van der Waals surface area contributed by atoms with E-state index >= 15 is 0 Å². The van der Waals surface area contributed by atoms with Crippen LogP contribution in [-0.2, 0) is 4.79 Å². The van der Waals surface area contributed by atoms with Crippen LogP contribution in [-0.4, -0.2) is 35.1 Å². The van der Waals surface area contributed by atoms with Crippen molar-refractivity contribution in [2.24, 2.45) is 5.73 Å². The van der Waals surface area contributed by atoms with Crippen molar-refractivity contribution < 1.29 is 19.5 Å². The summed E-state index contributed by atoms with van der Waals surface area (Å²) >= 11 is 0. The summed E-state index contributed by atoms with van der Waals surface area (Å²) in [4.78, 5) is 34.9. The van der Waals surface area contributed by atoms with Gasteiger partial charge in [-0.15, -0.1) is 0 Å². The topological polar surface area (TPSA) is 134 Å². The van der Waals surface area contributed by atoms with E-state index in [4.69, 9.17) is 5.73 Å². The molecule has 0 saturated carbocycles. The van der Waals surface area contributed by atoms with E-state index in [0.717, 1.165) is 11.1 Å². The Morgan fingerprint density at radius 3 is 2.04 bits per heavy atom. The van der Waals surface area contributed by atoms with Crippen molar-refractivity contribution in [1.82, 2.24) is 16.2 Å². The fraction of sp³-hybridized carbons (Fsp3) is 0.167. The van der Waals surface area contributed by atoms with E-state index in [9.17, 15) is 19.5 Å². The first-order valence-electron chi connectivity index (χ1n) is 7.88. The molecule has 2 atom stereocenters. The lowest BCUT2D eigenvalue weighted by molar-refractivity contribution is -0.126. The highest BCUT2D eigenvalue weighted by molar-refractivity contribution is 5.98. The van der Waals surface area contributed by atoms with E-state index in [2.05, 4.69) is 5.32 Å². The first-order chi connectivity index (χ1) is 12.4. The average Bonchev–Trinajstić information content (AvgIpc) is 2.64.